The van der Waals surface area contributed by atoms with Crippen LogP contribution < -0.4 is 5.73 Å². The molecule has 0 bridgehead atoms. The van der Waals surface area contributed by atoms with Crippen molar-refractivity contribution in [2.75, 3.05) is 17.2 Å². The van der Waals surface area contributed by atoms with E-state index in [-0.39, 0.29) is 41.1 Å². The van der Waals surface area contributed by atoms with Crippen LogP contribution in [0.1, 0.15) is 49.4 Å². The summed E-state index contributed by atoms with van der Waals surface area (Å²) in [4.78, 5) is 14.3. The van der Waals surface area contributed by atoms with Crippen LogP contribution in [0.3, 0.4) is 0 Å². The number of alkyl halides is 3. The number of halogens is 4. The summed E-state index contributed by atoms with van der Waals surface area (Å²) in [6.07, 6.45) is -7.46. The van der Waals surface area contributed by atoms with Gasteiger partial charge in [-0.3, -0.25) is 4.90 Å². The van der Waals surface area contributed by atoms with Gasteiger partial charge in [0.15, 0.2) is 9.84 Å². The molecule has 2 aromatic carbocycles. The Balaban J connectivity index is 1.58. The predicted octanol–water partition coefficient (Wildman–Crippen LogP) is 5.18. The highest BCUT2D eigenvalue weighted by Gasteiger charge is 2.51. The fraction of sp³-hybridized carbons (Fsp3) is 0.519. The average Bonchev–Trinajstić information content (AvgIpc) is 3.08. The number of carbonyl (C=O) groups excluding carboxylic acids is 1. The molecular weight excluding hydrogens is 524 g/mol. The van der Waals surface area contributed by atoms with Gasteiger partial charge in [0, 0.05) is 18.9 Å². The summed E-state index contributed by atoms with van der Waals surface area (Å²) in [5.41, 5.74) is 7.43. The Morgan fingerprint density at radius 3 is 2.45 bits per heavy atom. The predicted molar refractivity (Wildman–Crippen MR) is 136 cm³/mol. The first-order valence-corrected chi connectivity index (χ1v) is 14.3. The van der Waals surface area contributed by atoms with E-state index in [1.807, 2.05) is 24.3 Å². The van der Waals surface area contributed by atoms with Gasteiger partial charge in [0.25, 0.3) is 0 Å². The summed E-state index contributed by atoms with van der Waals surface area (Å²) in [6, 6.07) is 9.49. The van der Waals surface area contributed by atoms with E-state index >= 15 is 0 Å². The molecule has 0 spiro atoms. The molecule has 0 aromatic heterocycles. The molecule has 2 heterocycles. The minimum atomic E-state index is -4.43. The largest absolute Gasteiger partial charge is 0.444 e. The lowest BCUT2D eigenvalue weighted by atomic mass is 9.86. The normalized spacial score (nSPS) is 23.3. The lowest BCUT2D eigenvalue weighted by Crippen LogP contribution is -2.51. The van der Waals surface area contributed by atoms with Crippen LogP contribution in [0.5, 0.6) is 0 Å². The van der Waals surface area contributed by atoms with Crippen molar-refractivity contribution in [3.8, 4) is 0 Å². The van der Waals surface area contributed by atoms with E-state index in [2.05, 4.69) is 20.8 Å². The number of hydrogen-bond acceptors (Lipinski definition) is 5. The molecule has 11 heteroatoms. The van der Waals surface area contributed by atoms with Crippen LogP contribution in [0, 0.1) is 11.7 Å². The molecule has 2 aliphatic rings. The number of sulfone groups is 1. The maximum atomic E-state index is 14.5. The van der Waals surface area contributed by atoms with Crippen molar-refractivity contribution in [3.05, 3.63) is 64.5 Å². The Hall–Kier alpha value is -2.82. The summed E-state index contributed by atoms with van der Waals surface area (Å²) in [7, 11) is -3.59. The number of carbonyl (C=O) groups is 1. The van der Waals surface area contributed by atoms with Gasteiger partial charge in [-0.05, 0) is 46.6 Å². The number of benzene rings is 2. The van der Waals surface area contributed by atoms with E-state index in [4.69, 9.17) is 10.5 Å². The molecule has 3 atom stereocenters. The van der Waals surface area contributed by atoms with E-state index in [1.54, 1.807) is 0 Å². The average molecular weight is 557 g/mol. The molecule has 2 saturated heterocycles. The molecule has 1 amide bonds. The molecule has 0 aliphatic carbocycles. The van der Waals surface area contributed by atoms with E-state index in [0.717, 1.165) is 17.2 Å². The zero-order valence-electron chi connectivity index (χ0n) is 21.5. The second kappa shape index (κ2) is 10.1. The third-order valence-electron chi connectivity index (χ3n) is 7.20. The van der Waals surface area contributed by atoms with Crippen molar-refractivity contribution < 1.29 is 35.5 Å². The molecule has 38 heavy (non-hydrogen) atoms. The number of nitrogens with zero attached hydrogens (tertiary/aromatic N) is 1. The molecule has 6 nitrogen and oxygen atoms in total. The van der Waals surface area contributed by atoms with Crippen LogP contribution in [0.25, 0.3) is 0 Å². The summed E-state index contributed by atoms with van der Waals surface area (Å²) < 4.78 is 84.1. The fourth-order valence-electron chi connectivity index (χ4n) is 5.25. The highest BCUT2D eigenvalue weighted by atomic mass is 32.2. The number of nitrogens with two attached hydrogens (primary N) is 1. The summed E-state index contributed by atoms with van der Waals surface area (Å²) in [5.74, 6) is -2.09. The summed E-state index contributed by atoms with van der Waals surface area (Å²) in [5, 5.41) is 0. The van der Waals surface area contributed by atoms with Gasteiger partial charge < -0.3 is 10.5 Å². The van der Waals surface area contributed by atoms with E-state index in [0.29, 0.717) is 5.56 Å². The monoisotopic (exact) mass is 556 g/mol. The van der Waals surface area contributed by atoms with Gasteiger partial charge >= 0.3 is 12.3 Å². The molecule has 2 N–H and O–H groups in total. The third-order valence-corrected chi connectivity index (χ3v) is 8.99. The molecule has 2 aromatic rings. The number of rotatable bonds is 6. The minimum Gasteiger partial charge on any atom is -0.444 e. The minimum absolute atomic E-state index is 0.0105. The number of aryl methyl sites for hydroxylation is 1. The SMILES string of the molecule is CC(C)(C)c1cccc(CN2C(=O)O[C@H]3[C@H](Cc4cc(F)c(N)c(CCC(F)(F)F)c4)CS(=O)(=O)C[C@@H]32)c1. The molecule has 0 saturated carbocycles. The topological polar surface area (TPSA) is 89.7 Å². The van der Waals surface area contributed by atoms with Crippen LogP contribution in [0.15, 0.2) is 36.4 Å². The van der Waals surface area contributed by atoms with Crippen molar-refractivity contribution in [3.63, 3.8) is 0 Å². The van der Waals surface area contributed by atoms with Gasteiger partial charge in [-0.15, -0.1) is 0 Å². The van der Waals surface area contributed by atoms with Crippen molar-refractivity contribution in [1.29, 1.82) is 0 Å². The van der Waals surface area contributed by atoms with Crippen molar-refractivity contribution in [2.45, 2.75) is 70.3 Å². The first kappa shape index (κ1) is 28.2. The van der Waals surface area contributed by atoms with Crippen LogP contribution >= 0.6 is 0 Å². The van der Waals surface area contributed by atoms with Crippen LogP contribution in [-0.4, -0.2) is 49.2 Å². The number of ether oxygens (including phenoxy) is 1. The Labute approximate surface area is 220 Å². The summed E-state index contributed by atoms with van der Waals surface area (Å²) in [6.45, 7) is 6.38. The Morgan fingerprint density at radius 1 is 1.08 bits per heavy atom. The van der Waals surface area contributed by atoms with Crippen molar-refractivity contribution >= 4 is 21.6 Å². The Kier molecular flexibility index (Phi) is 7.46. The number of amides is 1. The highest BCUT2D eigenvalue weighted by Crippen LogP contribution is 2.36. The lowest BCUT2D eigenvalue weighted by molar-refractivity contribution is -0.133. The zero-order chi connectivity index (χ0) is 28.0. The van der Waals surface area contributed by atoms with Gasteiger partial charge in [0.05, 0.1) is 23.2 Å². The quantitative estimate of drug-likeness (QED) is 0.391. The standard InChI is InChI=1S/C27H32F4N2O4S/c1-26(2,3)20-6-4-5-16(11-20)13-33-22-15-38(35,36)14-19(24(22)37-25(33)34)10-17-9-18(7-8-27(29,30)31)23(32)21(28)12-17/h4-6,9,11-12,19,22,24H,7-8,10,13-15,32H2,1-3H3/t19-,22+,24+/m1/s1. The number of fused-ring (bicyclic) bond motifs is 1. The van der Waals surface area contributed by atoms with Crippen LogP contribution in [-0.2, 0) is 39.4 Å². The Bertz CT molecular complexity index is 1320. The second-order valence-corrected chi connectivity index (χ2v) is 13.5. The fourth-order valence-corrected chi connectivity index (χ4v) is 7.24. The van der Waals surface area contributed by atoms with E-state index < -0.39 is 58.8 Å². The number of nitrogen functional groups attached to an aromatic ring is 1. The first-order valence-electron chi connectivity index (χ1n) is 12.4. The lowest BCUT2D eigenvalue weighted by Gasteiger charge is -2.34. The molecule has 4 rings (SSSR count). The third kappa shape index (κ3) is 6.42. The smallest absolute Gasteiger partial charge is 0.410 e. The van der Waals surface area contributed by atoms with E-state index in [9.17, 15) is 30.8 Å². The first-order chi connectivity index (χ1) is 17.5. The van der Waals surface area contributed by atoms with Gasteiger partial charge in [0.2, 0.25) is 0 Å². The molecule has 2 aliphatic heterocycles. The zero-order valence-corrected chi connectivity index (χ0v) is 22.3. The number of hydrogen-bond donors (Lipinski definition) is 1. The molecule has 208 valence electrons. The number of anilines is 1. The summed E-state index contributed by atoms with van der Waals surface area (Å²) >= 11 is 0. The van der Waals surface area contributed by atoms with Crippen molar-refractivity contribution in [2.24, 2.45) is 5.92 Å². The maximum Gasteiger partial charge on any atom is 0.410 e. The second-order valence-electron chi connectivity index (χ2n) is 11.3. The van der Waals surface area contributed by atoms with E-state index in [1.165, 1.54) is 11.0 Å². The Morgan fingerprint density at radius 2 is 1.79 bits per heavy atom. The molecule has 0 unspecified atom stereocenters. The van der Waals surface area contributed by atoms with Gasteiger partial charge in [-0.25, -0.2) is 17.6 Å². The molecular formula is C27H32F4N2O4S. The van der Waals surface area contributed by atoms with Crippen LogP contribution in [0.2, 0.25) is 0 Å². The van der Waals surface area contributed by atoms with Crippen LogP contribution in [0.4, 0.5) is 28.0 Å². The maximum absolute atomic E-state index is 14.5. The van der Waals surface area contributed by atoms with Gasteiger partial charge in [0.1, 0.15) is 11.9 Å². The van der Waals surface area contributed by atoms with Gasteiger partial charge in [-0.2, -0.15) is 13.2 Å². The van der Waals surface area contributed by atoms with Gasteiger partial charge in [-0.1, -0.05) is 51.1 Å². The highest BCUT2D eigenvalue weighted by molar-refractivity contribution is 7.91. The van der Waals surface area contributed by atoms with Crippen molar-refractivity contribution in [1.82, 2.24) is 4.90 Å². The molecule has 0 radical (unpaired) electrons. The molecule has 2 fully saturated rings.